The van der Waals surface area contributed by atoms with Gasteiger partial charge in [-0.3, -0.25) is 4.79 Å². The number of carbonyl (C=O) groups is 2. The van der Waals surface area contributed by atoms with Gasteiger partial charge in [0.2, 0.25) is 0 Å². The van der Waals surface area contributed by atoms with Gasteiger partial charge in [-0.15, -0.1) is 5.10 Å². The maximum absolute atomic E-state index is 12.8. The zero-order valence-electron chi connectivity index (χ0n) is 15.7. The first-order valence-corrected chi connectivity index (χ1v) is 9.78. The van der Waals surface area contributed by atoms with E-state index in [9.17, 15) is 14.7 Å². The molecule has 1 aliphatic carbocycles. The highest BCUT2D eigenvalue weighted by atomic mass is 35.5. The number of carboxylic acid groups (broad SMARTS) is 1. The van der Waals surface area contributed by atoms with Gasteiger partial charge >= 0.3 is 5.97 Å². The molecule has 9 heteroatoms. The summed E-state index contributed by atoms with van der Waals surface area (Å²) in [5, 5.41) is 18.0. The molecule has 29 heavy (non-hydrogen) atoms. The minimum Gasteiger partial charge on any atom is -0.479 e. The molecule has 150 valence electrons. The second kappa shape index (κ2) is 7.79. The predicted octanol–water partition coefficient (Wildman–Crippen LogP) is 1.95. The van der Waals surface area contributed by atoms with Crippen molar-refractivity contribution in [1.82, 2.24) is 20.0 Å². The molecular formula is C20H20ClN5O3. The first kappa shape index (κ1) is 19.3. The number of rotatable bonds is 4. The van der Waals surface area contributed by atoms with Crippen LogP contribution in [0.2, 0.25) is 5.02 Å². The van der Waals surface area contributed by atoms with Crippen LogP contribution in [-0.4, -0.2) is 74.5 Å². The van der Waals surface area contributed by atoms with E-state index in [1.165, 1.54) is 0 Å². The van der Waals surface area contributed by atoms with E-state index in [0.29, 0.717) is 61.1 Å². The van der Waals surface area contributed by atoms with E-state index in [4.69, 9.17) is 11.6 Å². The van der Waals surface area contributed by atoms with E-state index in [2.05, 4.69) is 15.2 Å². The van der Waals surface area contributed by atoms with Crippen LogP contribution in [0.3, 0.4) is 0 Å². The molecule has 1 aromatic heterocycles. The lowest BCUT2D eigenvalue weighted by Gasteiger charge is -2.36. The van der Waals surface area contributed by atoms with E-state index in [-0.39, 0.29) is 5.91 Å². The monoisotopic (exact) mass is 413 g/mol. The Morgan fingerprint density at radius 1 is 1.03 bits per heavy atom. The van der Waals surface area contributed by atoms with Gasteiger partial charge in [-0.05, 0) is 37.1 Å². The Morgan fingerprint density at radius 3 is 2.31 bits per heavy atom. The maximum atomic E-state index is 12.8. The second-order valence-corrected chi connectivity index (χ2v) is 7.55. The molecule has 2 fully saturated rings. The summed E-state index contributed by atoms with van der Waals surface area (Å²) in [6, 6.07) is 10.5. The van der Waals surface area contributed by atoms with Crippen LogP contribution in [0.15, 0.2) is 47.6 Å². The lowest BCUT2D eigenvalue weighted by molar-refractivity contribution is -0.139. The van der Waals surface area contributed by atoms with Crippen molar-refractivity contribution in [3.05, 3.63) is 58.9 Å². The summed E-state index contributed by atoms with van der Waals surface area (Å²) in [5.74, 6) is -0.522. The maximum Gasteiger partial charge on any atom is 0.331 e. The van der Waals surface area contributed by atoms with Crippen molar-refractivity contribution >= 4 is 29.3 Å². The molecule has 0 radical (unpaired) electrons. The molecular weight excluding hydrogens is 394 g/mol. The van der Waals surface area contributed by atoms with Gasteiger partial charge in [0.05, 0.1) is 10.6 Å². The van der Waals surface area contributed by atoms with E-state index >= 15 is 0 Å². The highest BCUT2D eigenvalue weighted by Crippen LogP contribution is 2.40. The number of carboxylic acids is 1. The Hall–Kier alpha value is -3.00. The molecule has 2 aliphatic rings. The summed E-state index contributed by atoms with van der Waals surface area (Å²) in [5.41, 5.74) is -0.0590. The molecule has 1 aromatic carbocycles. The van der Waals surface area contributed by atoms with Gasteiger partial charge in [0.25, 0.3) is 5.91 Å². The third kappa shape index (κ3) is 3.93. The zero-order chi connectivity index (χ0) is 20.4. The summed E-state index contributed by atoms with van der Waals surface area (Å²) in [7, 11) is 0. The quantitative estimate of drug-likeness (QED) is 0.607. The lowest BCUT2D eigenvalue weighted by atomic mass is 10.1. The van der Waals surface area contributed by atoms with Crippen molar-refractivity contribution < 1.29 is 14.7 Å². The molecule has 1 saturated heterocycles. The van der Waals surface area contributed by atoms with Crippen LogP contribution in [0.25, 0.3) is 0 Å². The van der Waals surface area contributed by atoms with Crippen LogP contribution in [0.5, 0.6) is 0 Å². The van der Waals surface area contributed by atoms with E-state index < -0.39 is 11.5 Å². The van der Waals surface area contributed by atoms with Crippen LogP contribution < -0.4 is 0 Å². The van der Waals surface area contributed by atoms with Crippen LogP contribution in [0.4, 0.5) is 0 Å². The second-order valence-electron chi connectivity index (χ2n) is 7.14. The summed E-state index contributed by atoms with van der Waals surface area (Å²) < 4.78 is 0. The molecule has 0 atom stereocenters. The normalized spacial score (nSPS) is 18.4. The number of aromatic nitrogens is 2. The number of carbonyl (C=O) groups excluding carboxylic acids is 1. The Morgan fingerprint density at radius 2 is 1.72 bits per heavy atom. The predicted molar refractivity (Wildman–Crippen MR) is 107 cm³/mol. The Bertz CT molecular complexity index is 954. The highest BCUT2D eigenvalue weighted by Gasteiger charge is 2.51. The molecule has 4 rings (SSSR count). The van der Waals surface area contributed by atoms with Crippen LogP contribution in [0.1, 0.15) is 28.9 Å². The molecule has 0 spiro atoms. The number of amides is 1. The van der Waals surface area contributed by atoms with Crippen molar-refractivity contribution in [2.45, 2.75) is 18.4 Å². The van der Waals surface area contributed by atoms with Crippen molar-refractivity contribution in [3.8, 4) is 0 Å². The van der Waals surface area contributed by atoms with Crippen LogP contribution in [-0.2, 0) is 4.79 Å². The number of piperazine rings is 1. The Labute approximate surface area is 172 Å². The smallest absolute Gasteiger partial charge is 0.331 e. The number of benzene rings is 1. The van der Waals surface area contributed by atoms with Crippen molar-refractivity contribution in [3.63, 3.8) is 0 Å². The standard InChI is InChI=1S/C20H20ClN5O3/c21-15-5-2-1-4-14(15)18(27)26-12-10-25(11-13-26)17(16-6-3-9-22-24-16)23-20(7-8-20)19(28)29/h1-6,9H,7-8,10-13H2,(H,28,29). The number of aliphatic carboxylic acids is 1. The first-order chi connectivity index (χ1) is 14.0. The summed E-state index contributed by atoms with van der Waals surface area (Å²) in [4.78, 5) is 32.7. The van der Waals surface area contributed by atoms with Crippen LogP contribution >= 0.6 is 11.6 Å². The molecule has 0 bridgehead atoms. The molecule has 8 nitrogen and oxygen atoms in total. The topological polar surface area (TPSA) is 99.0 Å². The third-order valence-electron chi connectivity index (χ3n) is 5.21. The number of aliphatic imine (C=N–C) groups is 1. The average Bonchev–Trinajstić information content (AvgIpc) is 3.54. The summed E-state index contributed by atoms with van der Waals surface area (Å²) in [6.07, 6.45) is 2.58. The molecule has 0 unspecified atom stereocenters. The third-order valence-corrected chi connectivity index (χ3v) is 5.54. The van der Waals surface area contributed by atoms with Gasteiger partial charge in [0.1, 0.15) is 5.69 Å². The van der Waals surface area contributed by atoms with Crippen molar-refractivity contribution in [2.75, 3.05) is 26.2 Å². The molecule has 1 N–H and O–H groups in total. The fourth-order valence-corrected chi connectivity index (χ4v) is 3.55. The average molecular weight is 414 g/mol. The molecule has 1 aliphatic heterocycles. The number of amidine groups is 1. The molecule has 1 amide bonds. The number of hydrogen-bond donors (Lipinski definition) is 1. The lowest BCUT2D eigenvalue weighted by Crippen LogP contribution is -2.51. The summed E-state index contributed by atoms with van der Waals surface area (Å²) >= 11 is 6.16. The van der Waals surface area contributed by atoms with E-state index in [1.54, 1.807) is 47.5 Å². The minimum absolute atomic E-state index is 0.113. The van der Waals surface area contributed by atoms with E-state index in [0.717, 1.165) is 0 Å². The highest BCUT2D eigenvalue weighted by molar-refractivity contribution is 6.33. The summed E-state index contributed by atoms with van der Waals surface area (Å²) in [6.45, 7) is 1.98. The fourth-order valence-electron chi connectivity index (χ4n) is 3.33. The van der Waals surface area contributed by atoms with Crippen molar-refractivity contribution in [2.24, 2.45) is 4.99 Å². The van der Waals surface area contributed by atoms with Gasteiger partial charge in [0.15, 0.2) is 11.4 Å². The minimum atomic E-state index is -1.07. The van der Waals surface area contributed by atoms with Gasteiger partial charge in [0, 0.05) is 32.4 Å². The molecule has 2 heterocycles. The molecule has 2 aromatic rings. The Balaban J connectivity index is 1.53. The van der Waals surface area contributed by atoms with Gasteiger partial charge in [-0.25, -0.2) is 9.79 Å². The largest absolute Gasteiger partial charge is 0.479 e. The SMILES string of the molecule is O=C(c1ccccc1Cl)N1CCN(C(=NC2(C(=O)O)CC2)c2cccnn2)CC1. The Kier molecular flexibility index (Phi) is 5.19. The van der Waals surface area contributed by atoms with Crippen LogP contribution in [0, 0.1) is 0 Å². The number of nitrogens with zero attached hydrogens (tertiary/aromatic N) is 5. The molecule has 1 saturated carbocycles. The zero-order valence-corrected chi connectivity index (χ0v) is 16.4. The van der Waals surface area contributed by atoms with Gasteiger partial charge < -0.3 is 14.9 Å². The number of halogens is 1. The fraction of sp³-hybridized carbons (Fsp3) is 0.350. The van der Waals surface area contributed by atoms with Gasteiger partial charge in [-0.1, -0.05) is 23.7 Å². The van der Waals surface area contributed by atoms with Gasteiger partial charge in [-0.2, -0.15) is 5.10 Å². The first-order valence-electron chi connectivity index (χ1n) is 9.40. The van der Waals surface area contributed by atoms with Crippen molar-refractivity contribution in [1.29, 1.82) is 0 Å². The number of hydrogen-bond acceptors (Lipinski definition) is 5. The van der Waals surface area contributed by atoms with E-state index in [1.807, 2.05) is 4.90 Å².